The molecule has 22 heavy (non-hydrogen) atoms. The topological polar surface area (TPSA) is 72.8 Å². The maximum atomic E-state index is 12.4. The molecule has 0 spiro atoms. The van der Waals surface area contributed by atoms with Gasteiger partial charge in [0.25, 0.3) is 0 Å². The molecule has 0 radical (unpaired) electrons. The first kappa shape index (κ1) is 15.6. The van der Waals surface area contributed by atoms with Crippen LogP contribution in [0.1, 0.15) is 28.4 Å². The Morgan fingerprint density at radius 2 is 1.77 bits per heavy atom. The summed E-state index contributed by atoms with van der Waals surface area (Å²) in [6, 6.07) is 11.7. The van der Waals surface area contributed by atoms with Gasteiger partial charge in [-0.05, 0) is 12.1 Å². The lowest BCUT2D eigenvalue weighted by Gasteiger charge is -2.13. The third-order valence-corrected chi connectivity index (χ3v) is 3.16. The van der Waals surface area contributed by atoms with Crippen LogP contribution < -0.4 is 4.74 Å². The molecule has 0 bridgehead atoms. The molecule has 0 aliphatic heterocycles. The number of hydrogen-bond donors (Lipinski definition) is 1. The zero-order valence-electron chi connectivity index (χ0n) is 12.3. The van der Waals surface area contributed by atoms with E-state index in [0.29, 0.717) is 11.3 Å². The highest BCUT2D eigenvalue weighted by Crippen LogP contribution is 2.33. The predicted molar refractivity (Wildman–Crippen MR) is 80.0 cm³/mol. The van der Waals surface area contributed by atoms with E-state index >= 15 is 0 Å². The SMILES string of the molecule is COc1ccc(C(=O)c2ccccc2)c(O)c1COC(C)=O. The van der Waals surface area contributed by atoms with Crippen molar-refractivity contribution in [2.24, 2.45) is 0 Å². The summed E-state index contributed by atoms with van der Waals surface area (Å²) in [4.78, 5) is 23.4. The quantitative estimate of drug-likeness (QED) is 0.679. The Morgan fingerprint density at radius 1 is 1.09 bits per heavy atom. The molecule has 5 heteroatoms. The van der Waals surface area contributed by atoms with Crippen LogP contribution in [0.4, 0.5) is 0 Å². The van der Waals surface area contributed by atoms with Gasteiger partial charge in [-0.3, -0.25) is 9.59 Å². The molecule has 0 aliphatic rings. The Kier molecular flexibility index (Phi) is 4.78. The Morgan fingerprint density at radius 3 is 2.36 bits per heavy atom. The van der Waals surface area contributed by atoms with Crippen molar-refractivity contribution < 1.29 is 24.2 Å². The van der Waals surface area contributed by atoms with E-state index in [1.807, 2.05) is 0 Å². The lowest BCUT2D eigenvalue weighted by atomic mass is 9.99. The third kappa shape index (κ3) is 3.25. The molecule has 0 unspecified atom stereocenters. The van der Waals surface area contributed by atoms with Crippen molar-refractivity contribution in [3.05, 3.63) is 59.2 Å². The van der Waals surface area contributed by atoms with Crippen LogP contribution in [0.5, 0.6) is 11.5 Å². The lowest BCUT2D eigenvalue weighted by molar-refractivity contribution is -0.142. The summed E-state index contributed by atoms with van der Waals surface area (Å²) in [5.41, 5.74) is 0.857. The third-order valence-electron chi connectivity index (χ3n) is 3.16. The largest absolute Gasteiger partial charge is 0.507 e. The van der Waals surface area contributed by atoms with Gasteiger partial charge in [-0.25, -0.2) is 0 Å². The summed E-state index contributed by atoms with van der Waals surface area (Å²) in [6.07, 6.45) is 0. The summed E-state index contributed by atoms with van der Waals surface area (Å²) in [5.74, 6) is -0.691. The smallest absolute Gasteiger partial charge is 0.302 e. The summed E-state index contributed by atoms with van der Waals surface area (Å²) in [5, 5.41) is 10.4. The normalized spacial score (nSPS) is 10.1. The maximum Gasteiger partial charge on any atom is 0.302 e. The molecule has 2 aromatic rings. The van der Waals surface area contributed by atoms with Crippen molar-refractivity contribution in [1.82, 2.24) is 0 Å². The predicted octanol–water partition coefficient (Wildman–Crippen LogP) is 2.69. The van der Waals surface area contributed by atoms with Crippen LogP contribution in [-0.2, 0) is 16.1 Å². The highest BCUT2D eigenvalue weighted by molar-refractivity contribution is 6.11. The Bertz CT molecular complexity index is 692. The summed E-state index contributed by atoms with van der Waals surface area (Å²) < 4.78 is 10.0. The van der Waals surface area contributed by atoms with Crippen LogP contribution in [0.2, 0.25) is 0 Å². The number of phenolic OH excluding ortho intramolecular Hbond substituents is 1. The zero-order valence-corrected chi connectivity index (χ0v) is 12.3. The number of methoxy groups -OCH3 is 1. The second-order valence-corrected chi connectivity index (χ2v) is 4.62. The van der Waals surface area contributed by atoms with E-state index < -0.39 is 5.97 Å². The molecular weight excluding hydrogens is 284 g/mol. The minimum atomic E-state index is -0.485. The second kappa shape index (κ2) is 6.76. The first-order valence-electron chi connectivity index (χ1n) is 6.66. The van der Waals surface area contributed by atoms with Crippen LogP contribution in [0, 0.1) is 0 Å². The second-order valence-electron chi connectivity index (χ2n) is 4.62. The van der Waals surface area contributed by atoms with Crippen molar-refractivity contribution in [3.8, 4) is 11.5 Å². The number of ketones is 1. The molecule has 1 N–H and O–H groups in total. The van der Waals surface area contributed by atoms with Crippen molar-refractivity contribution in [1.29, 1.82) is 0 Å². The highest BCUT2D eigenvalue weighted by Gasteiger charge is 2.20. The van der Waals surface area contributed by atoms with Gasteiger partial charge in [0.1, 0.15) is 18.1 Å². The molecule has 0 amide bonds. The summed E-state index contributed by atoms with van der Waals surface area (Å²) in [7, 11) is 1.44. The number of hydrogen-bond acceptors (Lipinski definition) is 5. The van der Waals surface area contributed by atoms with Crippen LogP contribution in [0.25, 0.3) is 0 Å². The van der Waals surface area contributed by atoms with E-state index in [-0.39, 0.29) is 29.3 Å². The average molecular weight is 300 g/mol. The standard InChI is InChI=1S/C17H16O5/c1-11(18)22-10-14-15(21-2)9-8-13(17(14)20)16(19)12-6-4-3-5-7-12/h3-9,20H,10H2,1-2H3. The average Bonchev–Trinajstić information content (AvgIpc) is 2.53. The number of ether oxygens (including phenoxy) is 2. The van der Waals surface area contributed by atoms with E-state index in [1.165, 1.54) is 20.1 Å². The first-order chi connectivity index (χ1) is 10.5. The molecule has 0 atom stereocenters. The molecule has 2 aromatic carbocycles. The zero-order chi connectivity index (χ0) is 16.1. The van der Waals surface area contributed by atoms with Crippen LogP contribution in [0.3, 0.4) is 0 Å². The summed E-state index contributed by atoms with van der Waals surface area (Å²) >= 11 is 0. The fraction of sp³-hybridized carbons (Fsp3) is 0.176. The van der Waals surface area contributed by atoms with E-state index in [2.05, 4.69) is 0 Å². The number of carbonyl (C=O) groups excluding carboxylic acids is 2. The highest BCUT2D eigenvalue weighted by atomic mass is 16.5. The lowest BCUT2D eigenvalue weighted by Crippen LogP contribution is -2.06. The number of aromatic hydroxyl groups is 1. The van der Waals surface area contributed by atoms with Gasteiger partial charge >= 0.3 is 5.97 Å². The maximum absolute atomic E-state index is 12.4. The first-order valence-corrected chi connectivity index (χ1v) is 6.66. The molecule has 0 aromatic heterocycles. The van der Waals surface area contributed by atoms with Crippen LogP contribution in [0.15, 0.2) is 42.5 Å². The Labute approximate surface area is 128 Å². The fourth-order valence-electron chi connectivity index (χ4n) is 2.05. The van der Waals surface area contributed by atoms with Gasteiger partial charge in [0.2, 0.25) is 0 Å². The Hall–Kier alpha value is -2.82. The van der Waals surface area contributed by atoms with Crippen molar-refractivity contribution in [2.75, 3.05) is 7.11 Å². The monoisotopic (exact) mass is 300 g/mol. The minimum Gasteiger partial charge on any atom is -0.507 e. The van der Waals surface area contributed by atoms with Gasteiger partial charge in [-0.1, -0.05) is 30.3 Å². The Balaban J connectivity index is 2.43. The van der Waals surface area contributed by atoms with Crippen molar-refractivity contribution >= 4 is 11.8 Å². The van der Waals surface area contributed by atoms with Crippen molar-refractivity contribution in [3.63, 3.8) is 0 Å². The summed E-state index contributed by atoms with van der Waals surface area (Å²) in [6.45, 7) is 1.10. The van der Waals surface area contributed by atoms with Crippen LogP contribution in [-0.4, -0.2) is 24.0 Å². The van der Waals surface area contributed by atoms with E-state index in [0.717, 1.165) is 0 Å². The van der Waals surface area contributed by atoms with Gasteiger partial charge in [-0.15, -0.1) is 0 Å². The van der Waals surface area contributed by atoms with Crippen LogP contribution >= 0.6 is 0 Å². The number of benzene rings is 2. The minimum absolute atomic E-state index is 0.133. The number of esters is 1. The van der Waals surface area contributed by atoms with Gasteiger partial charge in [0.05, 0.1) is 18.2 Å². The molecule has 0 heterocycles. The van der Waals surface area contributed by atoms with Gasteiger partial charge in [0, 0.05) is 12.5 Å². The van der Waals surface area contributed by atoms with E-state index in [1.54, 1.807) is 36.4 Å². The molecule has 5 nitrogen and oxygen atoms in total. The molecular formula is C17H16O5. The number of rotatable bonds is 5. The number of phenols is 1. The van der Waals surface area contributed by atoms with Gasteiger partial charge in [0.15, 0.2) is 5.78 Å². The van der Waals surface area contributed by atoms with E-state index in [4.69, 9.17) is 9.47 Å². The number of carbonyl (C=O) groups is 2. The fourth-order valence-corrected chi connectivity index (χ4v) is 2.05. The molecule has 0 aliphatic carbocycles. The molecule has 0 saturated carbocycles. The molecule has 0 saturated heterocycles. The van der Waals surface area contributed by atoms with Gasteiger partial charge in [-0.2, -0.15) is 0 Å². The van der Waals surface area contributed by atoms with E-state index in [9.17, 15) is 14.7 Å². The van der Waals surface area contributed by atoms with Gasteiger partial charge < -0.3 is 14.6 Å². The molecule has 2 rings (SSSR count). The van der Waals surface area contributed by atoms with Crippen molar-refractivity contribution in [2.45, 2.75) is 13.5 Å². The molecule has 0 fully saturated rings. The molecule has 114 valence electrons.